The Bertz CT molecular complexity index is 547. The van der Waals surface area contributed by atoms with E-state index >= 15 is 0 Å². The molecule has 0 aliphatic carbocycles. The van der Waals surface area contributed by atoms with Crippen molar-refractivity contribution in [1.29, 1.82) is 0 Å². The van der Waals surface area contributed by atoms with Crippen molar-refractivity contribution in [2.45, 2.75) is 71.7 Å². The Morgan fingerprint density at radius 2 is 1.54 bits per heavy atom. The molecule has 0 aromatic heterocycles. The molecule has 0 aliphatic rings. The molecule has 0 heterocycles. The van der Waals surface area contributed by atoms with Gasteiger partial charge in [-0.05, 0) is 32.1 Å². The van der Waals surface area contributed by atoms with E-state index < -0.39 is 47.2 Å². The lowest BCUT2D eigenvalue weighted by Crippen LogP contribution is -2.68. The molecule has 0 aromatic carbocycles. The fraction of sp³-hybridized carbons (Fsp3) is 0.765. The van der Waals surface area contributed by atoms with Gasteiger partial charge in [0.15, 0.2) is 11.3 Å². The normalized spacial score (nSPS) is 17.2. The minimum atomic E-state index is -2.17. The number of aliphatic hydroxyl groups is 1. The molecule has 26 heavy (non-hydrogen) atoms. The van der Waals surface area contributed by atoms with E-state index in [0.717, 1.165) is 6.92 Å². The summed E-state index contributed by atoms with van der Waals surface area (Å²) in [5.74, 6) is -3.24. The van der Waals surface area contributed by atoms with Crippen molar-refractivity contribution in [3.05, 3.63) is 0 Å². The molecule has 0 bridgehead atoms. The van der Waals surface area contributed by atoms with Gasteiger partial charge in [0.25, 0.3) is 5.91 Å². The van der Waals surface area contributed by atoms with E-state index in [1.54, 1.807) is 13.8 Å². The van der Waals surface area contributed by atoms with Crippen LogP contribution in [0.3, 0.4) is 0 Å². The van der Waals surface area contributed by atoms with Crippen molar-refractivity contribution in [3.63, 3.8) is 0 Å². The number of nitrogens with one attached hydrogen (secondary N) is 2. The van der Waals surface area contributed by atoms with Gasteiger partial charge in [-0.3, -0.25) is 19.2 Å². The quantitative estimate of drug-likeness (QED) is 0.303. The maximum absolute atomic E-state index is 12.6. The monoisotopic (exact) mass is 372 g/mol. The van der Waals surface area contributed by atoms with Crippen LogP contribution in [-0.2, 0) is 19.2 Å². The summed E-state index contributed by atoms with van der Waals surface area (Å²) in [6.07, 6.45) is -1.10. The highest BCUT2D eigenvalue weighted by atomic mass is 16.3. The Morgan fingerprint density at radius 3 is 1.85 bits per heavy atom. The summed E-state index contributed by atoms with van der Waals surface area (Å²) < 4.78 is 0. The van der Waals surface area contributed by atoms with Crippen LogP contribution in [0.25, 0.3) is 0 Å². The first-order chi connectivity index (χ1) is 11.7. The summed E-state index contributed by atoms with van der Waals surface area (Å²) in [4.78, 5) is 48.3. The summed E-state index contributed by atoms with van der Waals surface area (Å²) >= 11 is 0. The standard InChI is InChI=1S/C17H32N4O5/c1-8(2)7-12(14(18)24)20-15(25)13(9(3)4)21-16(26)17(19,10(5)22)11(6)23/h8-10,12-13,22H,7,19H2,1-6H3,(H2,18,24)(H,20,25)(H,21,26)/t10-,12+,13+,17-/m1/s1. The fourth-order valence-corrected chi connectivity index (χ4v) is 2.42. The second-order valence-electron chi connectivity index (χ2n) is 7.39. The SMILES string of the molecule is CC(=O)[C@@](N)(C(=O)N[C@H](C(=O)N[C@@H](CC(C)C)C(N)=O)C(C)C)[C@@H](C)O. The maximum Gasteiger partial charge on any atom is 0.251 e. The number of amides is 3. The number of hydrogen-bond acceptors (Lipinski definition) is 6. The Balaban J connectivity index is 5.42. The molecular formula is C17H32N4O5. The molecule has 0 fully saturated rings. The van der Waals surface area contributed by atoms with Gasteiger partial charge < -0.3 is 27.2 Å². The third kappa shape index (κ3) is 6.06. The molecule has 7 N–H and O–H groups in total. The number of Topliss-reactive ketones (excluding diaryl/α,β-unsaturated/α-hetero) is 1. The first-order valence-corrected chi connectivity index (χ1v) is 8.63. The van der Waals surface area contributed by atoms with Crippen LogP contribution in [0.5, 0.6) is 0 Å². The molecule has 9 nitrogen and oxygen atoms in total. The van der Waals surface area contributed by atoms with Crippen LogP contribution in [0.15, 0.2) is 0 Å². The van der Waals surface area contributed by atoms with Gasteiger partial charge in [0.2, 0.25) is 11.8 Å². The smallest absolute Gasteiger partial charge is 0.251 e. The minimum absolute atomic E-state index is 0.115. The predicted octanol–water partition coefficient (Wildman–Crippen LogP) is -1.19. The molecule has 0 aromatic rings. The van der Waals surface area contributed by atoms with E-state index in [1.165, 1.54) is 6.92 Å². The largest absolute Gasteiger partial charge is 0.390 e. The highest BCUT2D eigenvalue weighted by Gasteiger charge is 2.45. The second-order valence-corrected chi connectivity index (χ2v) is 7.39. The van der Waals surface area contributed by atoms with Crippen LogP contribution in [0.1, 0.15) is 48.0 Å². The van der Waals surface area contributed by atoms with Gasteiger partial charge in [-0.2, -0.15) is 0 Å². The van der Waals surface area contributed by atoms with Crippen LogP contribution in [0, 0.1) is 11.8 Å². The number of nitrogens with two attached hydrogens (primary N) is 2. The molecule has 0 rings (SSSR count). The number of carbonyl (C=O) groups excluding carboxylic acids is 4. The lowest BCUT2D eigenvalue weighted by molar-refractivity contribution is -0.142. The third-order valence-corrected chi connectivity index (χ3v) is 4.22. The first kappa shape index (κ1) is 24.0. The number of rotatable bonds is 10. The summed E-state index contributed by atoms with van der Waals surface area (Å²) in [6.45, 7) is 9.42. The number of carbonyl (C=O) groups is 4. The molecule has 0 aliphatic heterocycles. The van der Waals surface area contributed by atoms with Crippen LogP contribution in [-0.4, -0.2) is 52.3 Å². The van der Waals surface area contributed by atoms with E-state index in [1.807, 2.05) is 13.8 Å². The molecule has 0 radical (unpaired) electrons. The molecular weight excluding hydrogens is 340 g/mol. The van der Waals surface area contributed by atoms with Crippen LogP contribution in [0.2, 0.25) is 0 Å². The highest BCUT2D eigenvalue weighted by molar-refractivity contribution is 6.11. The van der Waals surface area contributed by atoms with Gasteiger partial charge in [-0.15, -0.1) is 0 Å². The van der Waals surface area contributed by atoms with E-state index in [9.17, 15) is 24.3 Å². The maximum atomic E-state index is 12.6. The summed E-state index contributed by atoms with van der Waals surface area (Å²) in [5.41, 5.74) is 8.92. The van der Waals surface area contributed by atoms with E-state index in [2.05, 4.69) is 10.6 Å². The average Bonchev–Trinajstić information content (AvgIpc) is 2.48. The molecule has 0 saturated heterocycles. The van der Waals surface area contributed by atoms with Gasteiger partial charge in [-0.1, -0.05) is 27.7 Å². The Hall–Kier alpha value is -2.00. The molecule has 0 unspecified atom stereocenters. The predicted molar refractivity (Wildman–Crippen MR) is 96.6 cm³/mol. The van der Waals surface area contributed by atoms with Crippen molar-refractivity contribution in [1.82, 2.24) is 10.6 Å². The average molecular weight is 372 g/mol. The van der Waals surface area contributed by atoms with Gasteiger partial charge in [-0.25, -0.2) is 0 Å². The third-order valence-electron chi connectivity index (χ3n) is 4.22. The number of primary amides is 1. The van der Waals surface area contributed by atoms with Gasteiger partial charge in [0, 0.05) is 0 Å². The molecule has 0 spiro atoms. The minimum Gasteiger partial charge on any atom is -0.390 e. The van der Waals surface area contributed by atoms with E-state index in [-0.39, 0.29) is 11.8 Å². The lowest BCUT2D eigenvalue weighted by Gasteiger charge is -2.32. The number of hydrogen-bond donors (Lipinski definition) is 5. The topological polar surface area (TPSA) is 165 Å². The van der Waals surface area contributed by atoms with Gasteiger partial charge >= 0.3 is 0 Å². The summed E-state index contributed by atoms with van der Waals surface area (Å²) in [7, 11) is 0. The molecule has 0 saturated carbocycles. The van der Waals surface area contributed by atoms with Crippen molar-refractivity contribution in [3.8, 4) is 0 Å². The Morgan fingerprint density at radius 1 is 1.04 bits per heavy atom. The second kappa shape index (κ2) is 9.63. The number of ketones is 1. The van der Waals surface area contributed by atoms with Crippen molar-refractivity contribution in [2.24, 2.45) is 23.3 Å². The molecule has 9 heteroatoms. The van der Waals surface area contributed by atoms with Crippen LogP contribution < -0.4 is 22.1 Å². The number of aliphatic hydroxyl groups excluding tert-OH is 1. The van der Waals surface area contributed by atoms with E-state index in [4.69, 9.17) is 11.5 Å². The summed E-state index contributed by atoms with van der Waals surface area (Å²) in [6, 6.07) is -1.94. The zero-order valence-electron chi connectivity index (χ0n) is 16.3. The lowest BCUT2D eigenvalue weighted by atomic mass is 9.88. The Labute approximate surface area is 154 Å². The zero-order valence-corrected chi connectivity index (χ0v) is 16.3. The Kier molecular flexibility index (Phi) is 8.89. The van der Waals surface area contributed by atoms with Crippen molar-refractivity contribution in [2.75, 3.05) is 0 Å². The van der Waals surface area contributed by atoms with Crippen LogP contribution in [0.4, 0.5) is 0 Å². The van der Waals surface area contributed by atoms with Crippen molar-refractivity contribution >= 4 is 23.5 Å². The van der Waals surface area contributed by atoms with Gasteiger partial charge in [0.05, 0.1) is 6.10 Å². The van der Waals surface area contributed by atoms with Gasteiger partial charge in [0.1, 0.15) is 12.1 Å². The zero-order chi connectivity index (χ0) is 20.8. The highest BCUT2D eigenvalue weighted by Crippen LogP contribution is 2.12. The van der Waals surface area contributed by atoms with Crippen molar-refractivity contribution < 1.29 is 24.3 Å². The molecule has 150 valence electrons. The molecule has 4 atom stereocenters. The van der Waals surface area contributed by atoms with Crippen LogP contribution >= 0.6 is 0 Å². The fourth-order valence-electron chi connectivity index (χ4n) is 2.42. The first-order valence-electron chi connectivity index (χ1n) is 8.63. The molecule has 3 amide bonds. The van der Waals surface area contributed by atoms with E-state index in [0.29, 0.717) is 6.42 Å². The summed E-state index contributed by atoms with van der Waals surface area (Å²) in [5, 5.41) is 14.7.